The predicted octanol–water partition coefficient (Wildman–Crippen LogP) is 9.58. The molecule has 0 aliphatic heterocycles. The van der Waals surface area contributed by atoms with Gasteiger partial charge in [-0.1, -0.05) is 90.8 Å². The van der Waals surface area contributed by atoms with Crippen LogP contribution in [0.25, 0.3) is 21.5 Å². The van der Waals surface area contributed by atoms with Gasteiger partial charge in [0.05, 0.1) is 13.2 Å². The minimum absolute atomic E-state index is 0.0247. The summed E-state index contributed by atoms with van der Waals surface area (Å²) < 4.78 is 10.6. The quantitative estimate of drug-likeness (QED) is 0.102. The summed E-state index contributed by atoms with van der Waals surface area (Å²) in [6.07, 6.45) is 8.41. The number of ether oxygens (including phenoxy) is 2. The van der Waals surface area contributed by atoms with E-state index >= 15 is 0 Å². The van der Waals surface area contributed by atoms with Crippen LogP contribution in [0.3, 0.4) is 0 Å². The first-order chi connectivity index (χ1) is 19.1. The SMILES string of the molecule is CCCCOC(=O)CCCC(C)(C)c1ccc2cc3cc(C(C)(C)CCCC(=O)OCCCC)ccc3cc2c1. The van der Waals surface area contributed by atoms with E-state index in [0.717, 1.165) is 51.4 Å². The van der Waals surface area contributed by atoms with Crippen molar-refractivity contribution in [3.63, 3.8) is 0 Å². The van der Waals surface area contributed by atoms with Gasteiger partial charge in [0.25, 0.3) is 0 Å². The Labute approximate surface area is 241 Å². The summed E-state index contributed by atoms with van der Waals surface area (Å²) in [5, 5.41) is 4.95. The van der Waals surface area contributed by atoms with Gasteiger partial charge in [0.15, 0.2) is 0 Å². The maximum atomic E-state index is 12.0. The lowest BCUT2D eigenvalue weighted by Crippen LogP contribution is -2.18. The van der Waals surface area contributed by atoms with Crippen LogP contribution in [-0.2, 0) is 29.9 Å². The van der Waals surface area contributed by atoms with Crippen LogP contribution in [0.15, 0.2) is 48.5 Å². The number of unbranched alkanes of at least 4 members (excludes halogenated alkanes) is 2. The van der Waals surface area contributed by atoms with Crippen molar-refractivity contribution in [1.82, 2.24) is 0 Å². The summed E-state index contributed by atoms with van der Waals surface area (Å²) in [5.74, 6) is -0.164. The molecule has 40 heavy (non-hydrogen) atoms. The molecule has 4 nitrogen and oxygen atoms in total. The minimum Gasteiger partial charge on any atom is -0.466 e. The van der Waals surface area contributed by atoms with Crippen molar-refractivity contribution in [3.8, 4) is 0 Å². The van der Waals surface area contributed by atoms with E-state index in [1.54, 1.807) is 0 Å². The molecule has 0 aliphatic carbocycles. The topological polar surface area (TPSA) is 52.6 Å². The number of carbonyl (C=O) groups excluding carboxylic acids is 2. The number of benzene rings is 3. The van der Waals surface area contributed by atoms with Crippen LogP contribution in [0, 0.1) is 0 Å². The van der Waals surface area contributed by atoms with Crippen LogP contribution in [0.2, 0.25) is 0 Å². The highest BCUT2D eigenvalue weighted by molar-refractivity contribution is 5.98. The maximum absolute atomic E-state index is 12.0. The number of carbonyl (C=O) groups is 2. The van der Waals surface area contributed by atoms with Gasteiger partial charge in [-0.05, 0) is 94.2 Å². The third kappa shape index (κ3) is 9.08. The molecular weight excluding hydrogens is 496 g/mol. The van der Waals surface area contributed by atoms with Crippen molar-refractivity contribution in [2.24, 2.45) is 0 Å². The summed E-state index contributed by atoms with van der Waals surface area (Å²) in [5.41, 5.74) is 2.54. The van der Waals surface area contributed by atoms with Gasteiger partial charge in [-0.2, -0.15) is 0 Å². The van der Waals surface area contributed by atoms with Crippen LogP contribution in [0.4, 0.5) is 0 Å². The Balaban J connectivity index is 1.66. The number of hydrogen-bond donors (Lipinski definition) is 0. The fraction of sp³-hybridized carbons (Fsp3) is 0.556. The lowest BCUT2D eigenvalue weighted by Gasteiger charge is -2.26. The van der Waals surface area contributed by atoms with Crippen molar-refractivity contribution < 1.29 is 19.1 Å². The van der Waals surface area contributed by atoms with Gasteiger partial charge >= 0.3 is 11.9 Å². The number of esters is 2. The largest absolute Gasteiger partial charge is 0.466 e. The molecule has 0 saturated carbocycles. The molecule has 0 spiro atoms. The van der Waals surface area contributed by atoms with Gasteiger partial charge in [-0.15, -0.1) is 0 Å². The molecule has 0 heterocycles. The summed E-state index contributed by atoms with van der Waals surface area (Å²) in [6.45, 7) is 14.3. The lowest BCUT2D eigenvalue weighted by molar-refractivity contribution is -0.144. The molecule has 3 rings (SSSR count). The fourth-order valence-corrected chi connectivity index (χ4v) is 5.28. The van der Waals surface area contributed by atoms with Gasteiger partial charge < -0.3 is 9.47 Å². The molecule has 4 heteroatoms. The Kier molecular flexibility index (Phi) is 11.6. The van der Waals surface area contributed by atoms with Gasteiger partial charge in [0.1, 0.15) is 0 Å². The van der Waals surface area contributed by atoms with E-state index in [1.165, 1.54) is 32.7 Å². The maximum Gasteiger partial charge on any atom is 0.305 e. The van der Waals surface area contributed by atoms with Gasteiger partial charge in [0, 0.05) is 12.8 Å². The molecule has 0 amide bonds. The normalized spacial score (nSPS) is 12.2. The van der Waals surface area contributed by atoms with Crippen molar-refractivity contribution in [1.29, 1.82) is 0 Å². The van der Waals surface area contributed by atoms with Crippen LogP contribution >= 0.6 is 0 Å². The second kappa shape index (κ2) is 14.7. The van der Waals surface area contributed by atoms with Gasteiger partial charge in [0.2, 0.25) is 0 Å². The summed E-state index contributed by atoms with van der Waals surface area (Å²) in [4.78, 5) is 24.0. The smallest absolute Gasteiger partial charge is 0.305 e. The van der Waals surface area contributed by atoms with Gasteiger partial charge in [-0.3, -0.25) is 9.59 Å². The molecule has 0 radical (unpaired) electrons. The molecule has 0 aliphatic rings. The Hall–Kier alpha value is -2.88. The minimum atomic E-state index is -0.0818. The van der Waals surface area contributed by atoms with E-state index in [9.17, 15) is 9.59 Å². The second-order valence-electron chi connectivity index (χ2n) is 12.6. The zero-order valence-corrected chi connectivity index (χ0v) is 25.7. The first-order valence-corrected chi connectivity index (χ1v) is 15.4. The predicted molar refractivity (Wildman–Crippen MR) is 167 cm³/mol. The van der Waals surface area contributed by atoms with Crippen LogP contribution < -0.4 is 0 Å². The molecule has 3 aromatic carbocycles. The molecule has 0 N–H and O–H groups in total. The first kappa shape index (κ1) is 31.6. The van der Waals surface area contributed by atoms with E-state index < -0.39 is 0 Å². The average molecular weight is 547 g/mol. The fourth-order valence-electron chi connectivity index (χ4n) is 5.28. The van der Waals surface area contributed by atoms with E-state index in [2.05, 4.69) is 90.1 Å². The monoisotopic (exact) mass is 546 g/mol. The highest BCUT2D eigenvalue weighted by atomic mass is 16.5. The number of hydrogen-bond acceptors (Lipinski definition) is 4. The molecule has 0 unspecified atom stereocenters. The van der Waals surface area contributed by atoms with Crippen molar-refractivity contribution in [2.75, 3.05) is 13.2 Å². The highest BCUT2D eigenvalue weighted by Crippen LogP contribution is 2.35. The highest BCUT2D eigenvalue weighted by Gasteiger charge is 2.23. The van der Waals surface area contributed by atoms with Gasteiger partial charge in [-0.25, -0.2) is 0 Å². The Morgan fingerprint density at radius 1 is 0.575 bits per heavy atom. The zero-order chi connectivity index (χ0) is 29.2. The molecule has 0 saturated heterocycles. The molecule has 0 aromatic heterocycles. The third-order valence-corrected chi connectivity index (χ3v) is 8.25. The standard InChI is InChI=1S/C36H50O4/c1-7-9-21-39-33(37)13-11-19-35(3,4)31-17-15-27-24-30-26-32(18-16-28(30)23-29(27)25-31)36(5,6)20-12-14-34(38)40-22-10-8-2/h15-18,23-26H,7-14,19-22H2,1-6H3. The lowest BCUT2D eigenvalue weighted by atomic mass is 9.78. The number of rotatable bonds is 16. The molecule has 218 valence electrons. The summed E-state index contributed by atoms with van der Waals surface area (Å²) in [7, 11) is 0. The average Bonchev–Trinajstić information content (AvgIpc) is 2.91. The van der Waals surface area contributed by atoms with Crippen LogP contribution in [0.5, 0.6) is 0 Å². The first-order valence-electron chi connectivity index (χ1n) is 15.4. The Morgan fingerprint density at radius 3 is 1.35 bits per heavy atom. The zero-order valence-electron chi connectivity index (χ0n) is 25.7. The van der Waals surface area contributed by atoms with Crippen molar-refractivity contribution in [2.45, 2.75) is 117 Å². The summed E-state index contributed by atoms with van der Waals surface area (Å²) in [6, 6.07) is 18.1. The van der Waals surface area contributed by atoms with Crippen molar-refractivity contribution >= 4 is 33.5 Å². The van der Waals surface area contributed by atoms with E-state index in [4.69, 9.17) is 9.47 Å². The van der Waals surface area contributed by atoms with E-state index in [0.29, 0.717) is 26.1 Å². The van der Waals surface area contributed by atoms with Crippen LogP contribution in [0.1, 0.15) is 117 Å². The molecular formula is C36H50O4. The molecule has 3 aromatic rings. The van der Waals surface area contributed by atoms with Crippen LogP contribution in [-0.4, -0.2) is 25.2 Å². The van der Waals surface area contributed by atoms with E-state index in [1.807, 2.05) is 0 Å². The van der Waals surface area contributed by atoms with E-state index in [-0.39, 0.29) is 22.8 Å². The number of fused-ring (bicyclic) bond motifs is 2. The second-order valence-corrected chi connectivity index (χ2v) is 12.6. The molecule has 0 fully saturated rings. The summed E-state index contributed by atoms with van der Waals surface area (Å²) >= 11 is 0. The van der Waals surface area contributed by atoms with Crippen molar-refractivity contribution in [3.05, 3.63) is 59.7 Å². The Bertz CT molecular complexity index is 1170. The molecule has 0 bridgehead atoms. The third-order valence-electron chi connectivity index (χ3n) is 8.25. The Morgan fingerprint density at radius 2 is 0.975 bits per heavy atom. The molecule has 0 atom stereocenters.